The van der Waals surface area contributed by atoms with Crippen molar-refractivity contribution >= 4 is 41.3 Å². The molecule has 0 aliphatic carbocycles. The lowest BCUT2D eigenvalue weighted by atomic mass is 10.1. The second-order valence-electron chi connectivity index (χ2n) is 10.7. The Morgan fingerprint density at radius 2 is 1.60 bits per heavy atom. The molecule has 0 spiro atoms. The van der Waals surface area contributed by atoms with Crippen LogP contribution in [0.4, 0.5) is 5.69 Å². The number of fused-ring (bicyclic) bond motifs is 1. The van der Waals surface area contributed by atoms with Gasteiger partial charge in [0.05, 0.1) is 24.7 Å². The van der Waals surface area contributed by atoms with Gasteiger partial charge in [-0.15, -0.1) is 11.8 Å². The van der Waals surface area contributed by atoms with Crippen molar-refractivity contribution in [3.05, 3.63) is 102 Å². The van der Waals surface area contributed by atoms with Gasteiger partial charge in [0.2, 0.25) is 0 Å². The number of rotatable bonds is 15. The number of hydrogen-bond acceptors (Lipinski definition) is 9. The Morgan fingerprint density at radius 3 is 2.23 bits per heavy atom. The van der Waals surface area contributed by atoms with E-state index in [1.165, 1.54) is 11.1 Å². The number of amides is 1. The monoisotopic (exact) mass is 678 g/mol. The molecular weight excluding hydrogens is 636 g/mol. The fourth-order valence-electron chi connectivity index (χ4n) is 4.80. The molecule has 1 aliphatic heterocycles. The van der Waals surface area contributed by atoms with E-state index in [4.69, 9.17) is 24.4 Å². The Hall–Kier alpha value is -4.65. The molecule has 0 saturated carbocycles. The lowest BCUT2D eigenvalue weighted by Crippen LogP contribution is -2.45. The van der Waals surface area contributed by atoms with E-state index in [1.54, 1.807) is 30.7 Å². The molecule has 12 heteroatoms. The molecule has 1 heterocycles. The van der Waals surface area contributed by atoms with Crippen LogP contribution in [-0.4, -0.2) is 80.1 Å². The topological polar surface area (TPSA) is 152 Å². The third-order valence-corrected chi connectivity index (χ3v) is 8.52. The van der Waals surface area contributed by atoms with Crippen molar-refractivity contribution in [1.29, 1.82) is 0 Å². The fourth-order valence-corrected chi connectivity index (χ4v) is 6.14. The maximum Gasteiger partial charge on any atom is 0.332 e. The number of nitrogens with one attached hydrogen (secondary N) is 1. The summed E-state index contributed by atoms with van der Waals surface area (Å²) in [7, 11) is 1.62. The van der Waals surface area contributed by atoms with Gasteiger partial charge in [0.15, 0.2) is 6.10 Å². The van der Waals surface area contributed by atoms with Gasteiger partial charge in [-0.25, -0.2) is 14.4 Å². The van der Waals surface area contributed by atoms with E-state index in [0.717, 1.165) is 41.3 Å². The molecule has 0 bridgehead atoms. The van der Waals surface area contributed by atoms with E-state index >= 15 is 0 Å². The summed E-state index contributed by atoms with van der Waals surface area (Å²) < 4.78 is 16.4. The molecule has 1 aliphatic rings. The van der Waals surface area contributed by atoms with Crippen LogP contribution < -0.4 is 15.0 Å². The summed E-state index contributed by atoms with van der Waals surface area (Å²) in [6, 6.07) is 24.2. The first kappa shape index (κ1) is 37.8. The molecule has 0 fully saturated rings. The summed E-state index contributed by atoms with van der Waals surface area (Å²) in [5.41, 5.74) is 4.35. The number of benzene rings is 3. The Bertz CT molecular complexity index is 1510. The van der Waals surface area contributed by atoms with Crippen LogP contribution in [0.2, 0.25) is 0 Å². The fraction of sp³-hybridized carbons (Fsp3) is 0.333. The second-order valence-corrected chi connectivity index (χ2v) is 11.8. The van der Waals surface area contributed by atoms with Crippen molar-refractivity contribution in [2.45, 2.75) is 42.9 Å². The van der Waals surface area contributed by atoms with E-state index in [2.05, 4.69) is 36.5 Å². The molecule has 48 heavy (non-hydrogen) atoms. The maximum absolute atomic E-state index is 14.1. The SMILES string of the molecule is CCOC(=O)CO[C@@H]1C(=O)N(CCNCCCc2ccc(C)cc2)c2ccccc2S[C@@H]1c1ccc(OC)cc1.O=C(O)/C=C/C(=O)O. The first-order chi connectivity index (χ1) is 23.1. The van der Waals surface area contributed by atoms with Gasteiger partial charge in [-0.3, -0.25) is 4.79 Å². The molecule has 0 aromatic heterocycles. The predicted molar refractivity (Wildman–Crippen MR) is 184 cm³/mol. The molecule has 0 unspecified atom stereocenters. The van der Waals surface area contributed by atoms with Crippen LogP contribution in [-0.2, 0) is 35.1 Å². The normalized spacial score (nSPS) is 15.6. The number of carboxylic acid groups (broad SMARTS) is 2. The minimum atomic E-state index is -1.26. The number of carbonyl (C=O) groups is 4. The van der Waals surface area contributed by atoms with Crippen LogP contribution >= 0.6 is 11.8 Å². The minimum absolute atomic E-state index is 0.177. The van der Waals surface area contributed by atoms with Crippen molar-refractivity contribution in [1.82, 2.24) is 5.32 Å². The zero-order valence-corrected chi connectivity index (χ0v) is 28.1. The van der Waals surface area contributed by atoms with Gasteiger partial charge in [0.25, 0.3) is 5.91 Å². The summed E-state index contributed by atoms with van der Waals surface area (Å²) in [6.45, 7) is 5.77. The third-order valence-electron chi connectivity index (χ3n) is 7.15. The molecule has 256 valence electrons. The van der Waals surface area contributed by atoms with Crippen molar-refractivity contribution in [2.75, 3.05) is 44.9 Å². The molecule has 0 radical (unpaired) electrons. The first-order valence-electron chi connectivity index (χ1n) is 15.5. The third kappa shape index (κ3) is 12.2. The summed E-state index contributed by atoms with van der Waals surface area (Å²) >= 11 is 1.57. The van der Waals surface area contributed by atoms with E-state index < -0.39 is 24.0 Å². The van der Waals surface area contributed by atoms with Crippen LogP contribution in [0.5, 0.6) is 5.75 Å². The van der Waals surface area contributed by atoms with Crippen LogP contribution in [0, 0.1) is 6.92 Å². The van der Waals surface area contributed by atoms with E-state index in [9.17, 15) is 19.2 Å². The zero-order valence-electron chi connectivity index (χ0n) is 27.3. The van der Waals surface area contributed by atoms with Crippen molar-refractivity contribution in [3.63, 3.8) is 0 Å². The molecular formula is C36H42N2O9S. The van der Waals surface area contributed by atoms with Crippen molar-refractivity contribution in [2.24, 2.45) is 0 Å². The van der Waals surface area contributed by atoms with Crippen molar-refractivity contribution in [3.8, 4) is 5.75 Å². The van der Waals surface area contributed by atoms with Crippen molar-refractivity contribution < 1.29 is 43.6 Å². The van der Waals surface area contributed by atoms with Crippen LogP contribution in [0.15, 0.2) is 89.8 Å². The molecule has 3 aromatic rings. The van der Waals surface area contributed by atoms with E-state index in [0.29, 0.717) is 25.2 Å². The summed E-state index contributed by atoms with van der Waals surface area (Å²) in [5.74, 6) is -2.45. The highest BCUT2D eigenvalue weighted by Crippen LogP contribution is 2.46. The molecule has 3 N–H and O–H groups in total. The lowest BCUT2D eigenvalue weighted by molar-refractivity contribution is -0.152. The number of ether oxygens (including phenoxy) is 3. The predicted octanol–water partition coefficient (Wildman–Crippen LogP) is 5.07. The van der Waals surface area contributed by atoms with Gasteiger partial charge in [-0.05, 0) is 68.6 Å². The van der Waals surface area contributed by atoms with Gasteiger partial charge >= 0.3 is 17.9 Å². The minimum Gasteiger partial charge on any atom is -0.497 e. The average Bonchev–Trinajstić information content (AvgIpc) is 3.19. The molecule has 1 amide bonds. The number of nitrogens with zero attached hydrogens (tertiary/aromatic N) is 1. The highest BCUT2D eigenvalue weighted by atomic mass is 32.2. The molecule has 3 aromatic carbocycles. The molecule has 4 rings (SSSR count). The lowest BCUT2D eigenvalue weighted by Gasteiger charge is -2.28. The Kier molecular flexibility index (Phi) is 15.7. The number of hydrogen-bond donors (Lipinski definition) is 3. The number of esters is 1. The zero-order chi connectivity index (χ0) is 34.9. The largest absolute Gasteiger partial charge is 0.497 e. The van der Waals surface area contributed by atoms with E-state index in [1.807, 2.05) is 48.5 Å². The van der Waals surface area contributed by atoms with Gasteiger partial charge in [0, 0.05) is 30.1 Å². The number of carboxylic acids is 2. The molecule has 11 nitrogen and oxygen atoms in total. The second kappa shape index (κ2) is 19.9. The van der Waals surface area contributed by atoms with E-state index in [-0.39, 0.29) is 24.4 Å². The maximum atomic E-state index is 14.1. The van der Waals surface area contributed by atoms with Gasteiger partial charge in [0.1, 0.15) is 12.4 Å². The average molecular weight is 679 g/mol. The Balaban J connectivity index is 0.000000694. The van der Waals surface area contributed by atoms with Gasteiger partial charge in [-0.2, -0.15) is 0 Å². The molecule has 0 saturated heterocycles. The number of thioether (sulfide) groups is 1. The standard InChI is InChI=1S/C32H38N2O5S.C4H4O4/c1-4-38-29(35)22-39-30-31(25-15-17-26(37-3)18-16-25)40-28-10-6-5-9-27(28)34(32(30)36)21-20-33-19-7-8-24-13-11-23(2)12-14-24;5-3(6)1-2-4(7)8/h5-6,9-18,30-31,33H,4,7-8,19-22H2,1-3H3;1-2H,(H,5,6)(H,7,8)/b;2-1+/t30-,31+;/m0./s1. The smallest absolute Gasteiger partial charge is 0.332 e. The van der Waals surface area contributed by atoms with Gasteiger partial charge < -0.3 is 34.6 Å². The number of carbonyl (C=O) groups excluding carboxylic acids is 2. The number of para-hydroxylation sites is 1. The van der Waals surface area contributed by atoms with Gasteiger partial charge in [-0.1, -0.05) is 54.1 Å². The van der Waals surface area contributed by atoms with Crippen LogP contribution in [0.25, 0.3) is 0 Å². The number of aliphatic carboxylic acids is 2. The van der Waals surface area contributed by atoms with Crippen LogP contribution in [0.3, 0.4) is 0 Å². The first-order valence-corrected chi connectivity index (χ1v) is 16.4. The number of aryl methyl sites for hydroxylation is 2. The van der Waals surface area contributed by atoms with Crippen LogP contribution in [0.1, 0.15) is 35.3 Å². The number of methoxy groups -OCH3 is 1. The number of anilines is 1. The quantitative estimate of drug-likeness (QED) is 0.112. The Morgan fingerprint density at radius 1 is 0.938 bits per heavy atom. The molecule has 2 atom stereocenters. The summed E-state index contributed by atoms with van der Waals surface area (Å²) in [5, 5.41) is 18.8. The summed E-state index contributed by atoms with van der Waals surface area (Å²) in [4.78, 5) is 48.2. The summed E-state index contributed by atoms with van der Waals surface area (Å²) in [6.07, 6.45) is 2.25. The highest BCUT2D eigenvalue weighted by Gasteiger charge is 2.39. The highest BCUT2D eigenvalue weighted by molar-refractivity contribution is 7.99. The Labute approximate surface area is 284 Å².